The molecule has 0 saturated carbocycles. The van der Waals surface area contributed by atoms with Crippen LogP contribution in [0.2, 0.25) is 0 Å². The number of aliphatic hydroxyl groups excluding tert-OH is 1. The van der Waals surface area contributed by atoms with Gasteiger partial charge in [-0.25, -0.2) is 0 Å². The number of hydrogen-bond donors (Lipinski definition) is 1. The number of likely N-dealkylation sites (tertiary alicyclic amines) is 1. The Hall–Kier alpha value is -3.32. The van der Waals surface area contributed by atoms with Crippen molar-refractivity contribution >= 4 is 17.4 Å². The van der Waals surface area contributed by atoms with Crippen LogP contribution in [0.4, 0.5) is 0 Å². The van der Waals surface area contributed by atoms with Crippen LogP contribution in [0.5, 0.6) is 11.5 Å². The van der Waals surface area contributed by atoms with E-state index in [1.165, 1.54) is 4.90 Å². The molecule has 7 heteroatoms. The average Bonchev–Trinajstić information content (AvgIpc) is 3.04. The number of aryl methyl sites for hydroxylation is 1. The van der Waals surface area contributed by atoms with Crippen molar-refractivity contribution in [2.75, 3.05) is 34.0 Å². The van der Waals surface area contributed by atoms with Crippen molar-refractivity contribution < 1.29 is 28.9 Å². The number of para-hydroxylation sites is 1. The molecule has 1 aliphatic rings. The van der Waals surface area contributed by atoms with Crippen LogP contribution in [-0.2, 0) is 14.3 Å². The van der Waals surface area contributed by atoms with Crippen molar-refractivity contribution in [2.45, 2.75) is 26.3 Å². The van der Waals surface area contributed by atoms with Gasteiger partial charge < -0.3 is 24.2 Å². The van der Waals surface area contributed by atoms with Gasteiger partial charge in [0.25, 0.3) is 11.7 Å². The summed E-state index contributed by atoms with van der Waals surface area (Å²) < 4.78 is 16.2. The summed E-state index contributed by atoms with van der Waals surface area (Å²) in [6.45, 7) is 4.86. The lowest BCUT2D eigenvalue weighted by Crippen LogP contribution is -2.31. The van der Waals surface area contributed by atoms with E-state index in [1.807, 2.05) is 32.0 Å². The molecule has 170 valence electrons. The second-order valence-electron chi connectivity index (χ2n) is 7.49. The summed E-state index contributed by atoms with van der Waals surface area (Å²) in [5, 5.41) is 11.3. The second kappa shape index (κ2) is 10.3. The number of aliphatic hydroxyl groups is 1. The predicted octanol–water partition coefficient (Wildman–Crippen LogP) is 3.86. The van der Waals surface area contributed by atoms with Gasteiger partial charge in [-0.2, -0.15) is 0 Å². The Labute approximate surface area is 188 Å². The van der Waals surface area contributed by atoms with Crippen molar-refractivity contribution in [3.8, 4) is 11.5 Å². The van der Waals surface area contributed by atoms with Crippen LogP contribution in [0, 0.1) is 6.92 Å². The molecule has 0 radical (unpaired) electrons. The first kappa shape index (κ1) is 23.3. The van der Waals surface area contributed by atoms with Crippen LogP contribution in [0.3, 0.4) is 0 Å². The highest BCUT2D eigenvalue weighted by Gasteiger charge is 2.46. The van der Waals surface area contributed by atoms with E-state index in [0.717, 1.165) is 5.56 Å². The number of amides is 1. The minimum Gasteiger partial charge on any atom is -0.507 e. The number of hydrogen-bond acceptors (Lipinski definition) is 6. The Balaban J connectivity index is 2.19. The molecule has 0 unspecified atom stereocenters. The summed E-state index contributed by atoms with van der Waals surface area (Å²) >= 11 is 0. The Morgan fingerprint density at radius 1 is 1.12 bits per heavy atom. The molecule has 1 heterocycles. The van der Waals surface area contributed by atoms with Gasteiger partial charge in [0.1, 0.15) is 17.3 Å². The van der Waals surface area contributed by atoms with Crippen LogP contribution < -0.4 is 9.47 Å². The number of methoxy groups -OCH3 is 2. The highest BCUT2D eigenvalue weighted by atomic mass is 16.5. The number of Topliss-reactive ketones (excluding diaryl/α,β-unsaturated/α-hetero) is 1. The van der Waals surface area contributed by atoms with Crippen molar-refractivity contribution in [2.24, 2.45) is 0 Å². The summed E-state index contributed by atoms with van der Waals surface area (Å²) in [7, 11) is 3.15. The second-order valence-corrected chi connectivity index (χ2v) is 7.49. The Kier molecular flexibility index (Phi) is 7.53. The van der Waals surface area contributed by atoms with E-state index in [9.17, 15) is 14.7 Å². The van der Waals surface area contributed by atoms with E-state index in [4.69, 9.17) is 14.2 Å². The largest absolute Gasteiger partial charge is 0.507 e. The first-order valence-corrected chi connectivity index (χ1v) is 10.6. The molecular weight excluding hydrogens is 410 g/mol. The van der Waals surface area contributed by atoms with Crippen LogP contribution in [0.1, 0.15) is 36.1 Å². The number of carbonyl (C=O) groups is 2. The molecule has 0 spiro atoms. The molecule has 0 bridgehead atoms. The molecule has 1 saturated heterocycles. The smallest absolute Gasteiger partial charge is 0.295 e. The summed E-state index contributed by atoms with van der Waals surface area (Å²) in [4.78, 5) is 27.6. The maximum Gasteiger partial charge on any atom is 0.295 e. The van der Waals surface area contributed by atoms with Crippen molar-refractivity contribution in [1.82, 2.24) is 4.90 Å². The highest BCUT2D eigenvalue weighted by molar-refractivity contribution is 6.46. The highest BCUT2D eigenvalue weighted by Crippen LogP contribution is 2.43. The quantitative estimate of drug-likeness (QED) is 0.276. The van der Waals surface area contributed by atoms with Gasteiger partial charge in [-0.05, 0) is 50.1 Å². The summed E-state index contributed by atoms with van der Waals surface area (Å²) in [5.74, 6) is -0.376. The zero-order valence-corrected chi connectivity index (χ0v) is 18.9. The molecule has 0 aromatic heterocycles. The van der Waals surface area contributed by atoms with Gasteiger partial charge in [-0.1, -0.05) is 18.2 Å². The van der Waals surface area contributed by atoms with E-state index in [-0.39, 0.29) is 11.3 Å². The SMILES string of the molecule is CCOc1ccccc1[C@@H]1/C(=C(\O)c2ccc(OC)cc2C)C(=O)C(=O)N1CCCOC. The van der Waals surface area contributed by atoms with Crippen molar-refractivity contribution in [3.05, 3.63) is 64.7 Å². The number of rotatable bonds is 9. The molecule has 1 fully saturated rings. The number of carbonyl (C=O) groups excluding carboxylic acids is 2. The third-order valence-corrected chi connectivity index (χ3v) is 5.49. The van der Waals surface area contributed by atoms with Crippen molar-refractivity contribution in [3.63, 3.8) is 0 Å². The molecule has 2 aromatic carbocycles. The first-order valence-electron chi connectivity index (χ1n) is 10.6. The van der Waals surface area contributed by atoms with Gasteiger partial charge in [0.05, 0.1) is 25.3 Å². The molecule has 0 aliphatic carbocycles. The number of nitrogens with zero attached hydrogens (tertiary/aromatic N) is 1. The topological polar surface area (TPSA) is 85.3 Å². The fourth-order valence-electron chi connectivity index (χ4n) is 3.98. The minimum atomic E-state index is -0.767. The maximum absolute atomic E-state index is 13.1. The lowest BCUT2D eigenvalue weighted by molar-refractivity contribution is -0.140. The third kappa shape index (κ3) is 4.48. The molecule has 7 nitrogen and oxygen atoms in total. The van der Waals surface area contributed by atoms with Crippen LogP contribution >= 0.6 is 0 Å². The summed E-state index contributed by atoms with van der Waals surface area (Å²) in [5.41, 5.74) is 1.90. The van der Waals surface area contributed by atoms with E-state index < -0.39 is 17.7 Å². The van der Waals surface area contributed by atoms with Gasteiger partial charge in [-0.15, -0.1) is 0 Å². The van der Waals surface area contributed by atoms with Gasteiger partial charge in [0.2, 0.25) is 0 Å². The zero-order valence-electron chi connectivity index (χ0n) is 18.9. The van der Waals surface area contributed by atoms with E-state index in [1.54, 1.807) is 38.5 Å². The van der Waals surface area contributed by atoms with Crippen molar-refractivity contribution in [1.29, 1.82) is 0 Å². The summed E-state index contributed by atoms with van der Waals surface area (Å²) in [6, 6.07) is 11.7. The first-order chi connectivity index (χ1) is 15.4. The Morgan fingerprint density at radius 3 is 2.53 bits per heavy atom. The normalized spacial score (nSPS) is 17.6. The molecule has 1 atom stereocenters. The third-order valence-electron chi connectivity index (χ3n) is 5.49. The van der Waals surface area contributed by atoms with Crippen LogP contribution in [0.15, 0.2) is 48.0 Å². The monoisotopic (exact) mass is 439 g/mol. The lowest BCUT2D eigenvalue weighted by Gasteiger charge is -2.27. The average molecular weight is 440 g/mol. The minimum absolute atomic E-state index is 0.0489. The molecule has 1 aliphatic heterocycles. The van der Waals surface area contributed by atoms with Crippen LogP contribution in [0.25, 0.3) is 5.76 Å². The van der Waals surface area contributed by atoms with Gasteiger partial charge in [0, 0.05) is 31.4 Å². The van der Waals surface area contributed by atoms with Gasteiger partial charge in [-0.3, -0.25) is 9.59 Å². The van der Waals surface area contributed by atoms with Gasteiger partial charge in [0.15, 0.2) is 0 Å². The number of ketones is 1. The van der Waals surface area contributed by atoms with E-state index in [2.05, 4.69) is 0 Å². The maximum atomic E-state index is 13.1. The number of ether oxygens (including phenoxy) is 3. The Bertz CT molecular complexity index is 1030. The van der Waals surface area contributed by atoms with E-state index in [0.29, 0.717) is 48.8 Å². The lowest BCUT2D eigenvalue weighted by atomic mass is 9.93. The molecular formula is C25H29NO6. The fraction of sp³-hybridized carbons (Fsp3) is 0.360. The molecule has 3 rings (SSSR count). The Morgan fingerprint density at radius 2 is 1.88 bits per heavy atom. The molecule has 2 aromatic rings. The van der Waals surface area contributed by atoms with Gasteiger partial charge >= 0.3 is 0 Å². The predicted molar refractivity (Wildman–Crippen MR) is 121 cm³/mol. The summed E-state index contributed by atoms with van der Waals surface area (Å²) in [6.07, 6.45) is 0.554. The van der Waals surface area contributed by atoms with E-state index >= 15 is 0 Å². The molecule has 1 N–H and O–H groups in total. The molecule has 32 heavy (non-hydrogen) atoms. The zero-order chi connectivity index (χ0) is 23.3. The fourth-order valence-corrected chi connectivity index (χ4v) is 3.98. The molecule has 1 amide bonds. The van der Waals surface area contributed by atoms with Crippen LogP contribution in [-0.4, -0.2) is 55.7 Å². The number of benzene rings is 2. The standard InChI is InChI=1S/C25H29NO6/c1-5-32-20-10-7-6-9-19(20)22-21(24(28)25(29)26(22)13-8-14-30-3)23(27)18-12-11-17(31-4)15-16(18)2/h6-7,9-12,15,22,27H,5,8,13-14H2,1-4H3/b23-21+/t22-/m1/s1.